The maximum absolute atomic E-state index is 5.31. The molecule has 0 radical (unpaired) electrons. The molecule has 86 valence electrons. The van der Waals surface area contributed by atoms with Crippen molar-refractivity contribution in [3.8, 4) is 0 Å². The maximum Gasteiger partial charge on any atom is 0.150 e. The lowest BCUT2D eigenvalue weighted by Crippen LogP contribution is -2.16. The molecule has 5 heteroatoms. The van der Waals surface area contributed by atoms with Crippen LogP contribution in [0.15, 0.2) is 16.8 Å². The van der Waals surface area contributed by atoms with Gasteiger partial charge in [0.2, 0.25) is 0 Å². The van der Waals surface area contributed by atoms with E-state index in [1.165, 1.54) is 0 Å². The average molecular weight is 214 g/mol. The first kappa shape index (κ1) is 12.2. The van der Waals surface area contributed by atoms with E-state index in [4.69, 9.17) is 14.0 Å². The molecule has 1 aromatic rings. The summed E-state index contributed by atoms with van der Waals surface area (Å²) in [4.78, 5) is 0. The first-order valence-electron chi connectivity index (χ1n) is 5.10. The molecule has 0 spiro atoms. The van der Waals surface area contributed by atoms with Gasteiger partial charge in [-0.25, -0.2) is 0 Å². The number of methoxy groups -OCH3 is 1. The van der Waals surface area contributed by atoms with E-state index in [0.717, 1.165) is 31.9 Å². The summed E-state index contributed by atoms with van der Waals surface area (Å²) in [6.45, 7) is 3.71. The molecule has 0 aliphatic heterocycles. The van der Waals surface area contributed by atoms with Gasteiger partial charge >= 0.3 is 0 Å². The molecule has 0 fully saturated rings. The van der Waals surface area contributed by atoms with Gasteiger partial charge in [-0.2, -0.15) is 0 Å². The summed E-state index contributed by atoms with van der Waals surface area (Å²) in [7, 11) is 1.67. The zero-order chi connectivity index (χ0) is 10.8. The summed E-state index contributed by atoms with van der Waals surface area (Å²) in [6.07, 6.45) is 2.63. The Labute approximate surface area is 89.7 Å². The topological polar surface area (TPSA) is 56.5 Å². The number of nitrogens with one attached hydrogen (secondary N) is 1. The minimum atomic E-state index is 0.658. The zero-order valence-electron chi connectivity index (χ0n) is 9.07. The largest absolute Gasteiger partial charge is 0.382 e. The Balaban J connectivity index is 1.81. The number of ether oxygens (including phenoxy) is 2. The van der Waals surface area contributed by atoms with E-state index in [-0.39, 0.29) is 0 Å². The van der Waals surface area contributed by atoms with Gasteiger partial charge in [0.15, 0.2) is 0 Å². The fourth-order valence-electron chi connectivity index (χ4n) is 1.09. The van der Waals surface area contributed by atoms with E-state index in [9.17, 15) is 0 Å². The van der Waals surface area contributed by atoms with Gasteiger partial charge in [0.1, 0.15) is 5.76 Å². The van der Waals surface area contributed by atoms with Crippen molar-refractivity contribution in [3.05, 3.63) is 18.0 Å². The fraction of sp³-hybridized carbons (Fsp3) is 0.700. The SMILES string of the molecule is COCCOCCCNCc1ccno1. The second-order valence-corrected chi connectivity index (χ2v) is 3.11. The summed E-state index contributed by atoms with van der Waals surface area (Å²) < 4.78 is 15.1. The van der Waals surface area contributed by atoms with Gasteiger partial charge in [-0.05, 0) is 13.0 Å². The molecule has 0 bridgehead atoms. The summed E-state index contributed by atoms with van der Waals surface area (Å²) >= 11 is 0. The molecular formula is C10H18N2O3. The Morgan fingerprint density at radius 2 is 2.33 bits per heavy atom. The lowest BCUT2D eigenvalue weighted by atomic mass is 10.4. The van der Waals surface area contributed by atoms with Crippen LogP contribution in [-0.2, 0) is 16.0 Å². The number of nitrogens with zero attached hydrogens (tertiary/aromatic N) is 1. The third-order valence-corrected chi connectivity index (χ3v) is 1.86. The lowest BCUT2D eigenvalue weighted by Gasteiger charge is -2.04. The van der Waals surface area contributed by atoms with Crippen molar-refractivity contribution < 1.29 is 14.0 Å². The van der Waals surface area contributed by atoms with Crippen LogP contribution in [0.5, 0.6) is 0 Å². The molecule has 1 heterocycles. The second kappa shape index (κ2) is 8.40. The highest BCUT2D eigenvalue weighted by atomic mass is 16.5. The van der Waals surface area contributed by atoms with E-state index in [1.54, 1.807) is 13.3 Å². The summed E-state index contributed by atoms with van der Waals surface area (Å²) in [5.41, 5.74) is 0. The van der Waals surface area contributed by atoms with E-state index >= 15 is 0 Å². The zero-order valence-corrected chi connectivity index (χ0v) is 9.07. The van der Waals surface area contributed by atoms with Crippen molar-refractivity contribution in [1.29, 1.82) is 0 Å². The van der Waals surface area contributed by atoms with Crippen LogP contribution in [0.3, 0.4) is 0 Å². The van der Waals surface area contributed by atoms with Crippen LogP contribution in [0.4, 0.5) is 0 Å². The van der Waals surface area contributed by atoms with Gasteiger partial charge in [0, 0.05) is 19.8 Å². The molecule has 0 aromatic carbocycles. The fourth-order valence-corrected chi connectivity index (χ4v) is 1.09. The molecule has 0 aliphatic rings. The lowest BCUT2D eigenvalue weighted by molar-refractivity contribution is 0.0694. The third-order valence-electron chi connectivity index (χ3n) is 1.86. The van der Waals surface area contributed by atoms with Crippen molar-refractivity contribution in [2.45, 2.75) is 13.0 Å². The van der Waals surface area contributed by atoms with Crippen molar-refractivity contribution in [2.24, 2.45) is 0 Å². The molecule has 5 nitrogen and oxygen atoms in total. The number of aromatic nitrogens is 1. The second-order valence-electron chi connectivity index (χ2n) is 3.11. The van der Waals surface area contributed by atoms with Gasteiger partial charge in [-0.3, -0.25) is 0 Å². The smallest absolute Gasteiger partial charge is 0.150 e. The highest BCUT2D eigenvalue weighted by Crippen LogP contribution is 1.94. The normalized spacial score (nSPS) is 10.7. The minimum Gasteiger partial charge on any atom is -0.382 e. The third kappa shape index (κ3) is 6.22. The molecular weight excluding hydrogens is 196 g/mol. The van der Waals surface area contributed by atoms with E-state index in [0.29, 0.717) is 13.2 Å². The highest BCUT2D eigenvalue weighted by Gasteiger charge is 1.95. The molecule has 1 rings (SSSR count). The maximum atomic E-state index is 5.31. The Hall–Kier alpha value is -0.910. The Bertz CT molecular complexity index is 227. The van der Waals surface area contributed by atoms with Crippen molar-refractivity contribution in [1.82, 2.24) is 10.5 Å². The van der Waals surface area contributed by atoms with Crippen LogP contribution in [0.25, 0.3) is 0 Å². The highest BCUT2D eigenvalue weighted by molar-refractivity contribution is 4.91. The van der Waals surface area contributed by atoms with Crippen LogP contribution in [-0.4, -0.2) is 38.6 Å². The van der Waals surface area contributed by atoms with Crippen molar-refractivity contribution in [2.75, 3.05) is 33.5 Å². The Morgan fingerprint density at radius 1 is 1.40 bits per heavy atom. The Morgan fingerprint density at radius 3 is 3.07 bits per heavy atom. The Kier molecular flexibility index (Phi) is 6.81. The standard InChI is InChI=1S/C10H18N2O3/c1-13-7-8-14-6-2-4-11-9-10-3-5-12-15-10/h3,5,11H,2,4,6-9H2,1H3. The van der Waals surface area contributed by atoms with Crippen LogP contribution < -0.4 is 5.32 Å². The van der Waals surface area contributed by atoms with Crippen LogP contribution in [0.2, 0.25) is 0 Å². The first-order chi connectivity index (χ1) is 7.43. The van der Waals surface area contributed by atoms with Crippen LogP contribution in [0.1, 0.15) is 12.2 Å². The predicted octanol–water partition coefficient (Wildman–Crippen LogP) is 0.817. The van der Waals surface area contributed by atoms with Gasteiger partial charge in [-0.15, -0.1) is 0 Å². The predicted molar refractivity (Wildman–Crippen MR) is 55.5 cm³/mol. The summed E-state index contributed by atoms with van der Waals surface area (Å²) in [5, 5.41) is 6.85. The molecule has 1 N–H and O–H groups in total. The minimum absolute atomic E-state index is 0.658. The van der Waals surface area contributed by atoms with Crippen LogP contribution in [0, 0.1) is 0 Å². The summed E-state index contributed by atoms with van der Waals surface area (Å²) in [6, 6.07) is 1.85. The van der Waals surface area contributed by atoms with Crippen molar-refractivity contribution in [3.63, 3.8) is 0 Å². The monoisotopic (exact) mass is 214 g/mol. The van der Waals surface area contributed by atoms with Crippen molar-refractivity contribution >= 4 is 0 Å². The average Bonchev–Trinajstić information content (AvgIpc) is 2.75. The summed E-state index contributed by atoms with van der Waals surface area (Å²) in [5.74, 6) is 0.857. The number of hydrogen-bond acceptors (Lipinski definition) is 5. The molecule has 1 aromatic heterocycles. The molecule has 0 atom stereocenters. The van der Waals surface area contributed by atoms with Gasteiger partial charge in [0.05, 0.1) is 26.0 Å². The first-order valence-corrected chi connectivity index (χ1v) is 5.10. The molecule has 0 unspecified atom stereocenters. The quantitative estimate of drug-likeness (QED) is 0.617. The van der Waals surface area contributed by atoms with E-state index < -0.39 is 0 Å². The molecule has 0 saturated carbocycles. The van der Waals surface area contributed by atoms with E-state index in [1.807, 2.05) is 6.07 Å². The molecule has 0 aliphatic carbocycles. The van der Waals surface area contributed by atoms with Gasteiger partial charge in [0.25, 0.3) is 0 Å². The number of rotatable bonds is 9. The number of hydrogen-bond donors (Lipinski definition) is 1. The van der Waals surface area contributed by atoms with Gasteiger partial charge in [-0.1, -0.05) is 5.16 Å². The van der Waals surface area contributed by atoms with Gasteiger partial charge < -0.3 is 19.3 Å². The van der Waals surface area contributed by atoms with E-state index in [2.05, 4.69) is 10.5 Å². The molecule has 0 saturated heterocycles. The molecule has 15 heavy (non-hydrogen) atoms. The molecule has 0 amide bonds. The van der Waals surface area contributed by atoms with Crippen LogP contribution >= 0.6 is 0 Å².